The second-order valence-electron chi connectivity index (χ2n) is 4.79. The minimum absolute atomic E-state index is 0.274. The van der Waals surface area contributed by atoms with Gasteiger partial charge in [-0.15, -0.1) is 10.2 Å². The number of carbonyl (C=O) groups excluding carboxylic acids is 1. The summed E-state index contributed by atoms with van der Waals surface area (Å²) in [5.41, 5.74) is 1.78. The molecule has 3 aromatic rings. The zero-order valence-electron chi connectivity index (χ0n) is 12.2. The van der Waals surface area contributed by atoms with Gasteiger partial charge >= 0.3 is 0 Å². The summed E-state index contributed by atoms with van der Waals surface area (Å²) in [5.74, 6) is -0.274. The fourth-order valence-electron chi connectivity index (χ4n) is 1.88. The highest BCUT2D eigenvalue weighted by atomic mass is 35.5. The number of hydrogen-bond donors (Lipinski definition) is 1. The van der Waals surface area contributed by atoms with Crippen molar-refractivity contribution in [2.75, 3.05) is 5.32 Å². The molecular formula is C17H11Cl2N3OS. The Morgan fingerprint density at radius 2 is 1.58 bits per heavy atom. The molecule has 0 unspecified atom stereocenters. The van der Waals surface area contributed by atoms with Gasteiger partial charge in [0.25, 0.3) is 0 Å². The number of nitrogens with one attached hydrogen (secondary N) is 1. The monoisotopic (exact) mass is 375 g/mol. The van der Waals surface area contributed by atoms with Crippen LogP contribution in [0.4, 0.5) is 5.13 Å². The standard InChI is InChI=1S/C17H11Cl2N3OS/c18-13-6-1-11(2-7-13)3-10-15(23)20-17-22-21-16(24-17)12-4-8-14(19)9-5-12/h1-10H,(H,20,22,23)/b10-3+. The van der Waals surface area contributed by atoms with Crippen LogP contribution in [0.25, 0.3) is 16.6 Å². The Balaban J connectivity index is 1.64. The van der Waals surface area contributed by atoms with E-state index in [1.165, 1.54) is 17.4 Å². The third-order valence-electron chi connectivity index (χ3n) is 3.04. The lowest BCUT2D eigenvalue weighted by Gasteiger charge is -1.96. The fraction of sp³-hybridized carbons (Fsp3) is 0. The summed E-state index contributed by atoms with van der Waals surface area (Å²) in [6.07, 6.45) is 3.14. The SMILES string of the molecule is O=C(/C=C/c1ccc(Cl)cc1)Nc1nnc(-c2ccc(Cl)cc2)s1. The van der Waals surface area contributed by atoms with E-state index in [2.05, 4.69) is 15.5 Å². The van der Waals surface area contributed by atoms with Crippen LogP contribution < -0.4 is 5.32 Å². The van der Waals surface area contributed by atoms with E-state index in [9.17, 15) is 4.79 Å². The third kappa shape index (κ3) is 4.41. The van der Waals surface area contributed by atoms with Gasteiger partial charge in [0, 0.05) is 21.7 Å². The molecule has 3 rings (SSSR count). The van der Waals surface area contributed by atoms with Crippen LogP contribution in [0.1, 0.15) is 5.56 Å². The number of benzene rings is 2. The van der Waals surface area contributed by atoms with Crippen molar-refractivity contribution in [2.24, 2.45) is 0 Å². The van der Waals surface area contributed by atoms with Crippen LogP contribution in [0, 0.1) is 0 Å². The molecule has 0 spiro atoms. The highest BCUT2D eigenvalue weighted by Crippen LogP contribution is 2.27. The second-order valence-corrected chi connectivity index (χ2v) is 6.64. The molecule has 0 aliphatic rings. The third-order valence-corrected chi connectivity index (χ3v) is 4.44. The number of halogens is 2. The van der Waals surface area contributed by atoms with E-state index in [-0.39, 0.29) is 5.91 Å². The van der Waals surface area contributed by atoms with Gasteiger partial charge in [-0.3, -0.25) is 10.1 Å². The van der Waals surface area contributed by atoms with Crippen molar-refractivity contribution in [3.8, 4) is 10.6 Å². The molecule has 120 valence electrons. The van der Waals surface area contributed by atoms with Crippen molar-refractivity contribution in [2.45, 2.75) is 0 Å². The first-order chi connectivity index (χ1) is 11.6. The van der Waals surface area contributed by atoms with Crippen LogP contribution >= 0.6 is 34.5 Å². The van der Waals surface area contributed by atoms with Crippen LogP contribution in [0.2, 0.25) is 10.0 Å². The molecule has 1 aromatic heterocycles. The molecule has 4 nitrogen and oxygen atoms in total. The van der Waals surface area contributed by atoms with E-state index in [1.54, 1.807) is 30.3 Å². The molecule has 1 N–H and O–H groups in total. The van der Waals surface area contributed by atoms with Crippen LogP contribution in [0.5, 0.6) is 0 Å². The van der Waals surface area contributed by atoms with E-state index in [0.717, 1.165) is 11.1 Å². The Hall–Kier alpha value is -2.21. The van der Waals surface area contributed by atoms with Crippen molar-refractivity contribution in [3.05, 3.63) is 70.2 Å². The minimum Gasteiger partial charge on any atom is -0.297 e. The number of nitrogens with zero attached hydrogens (tertiary/aromatic N) is 2. The van der Waals surface area contributed by atoms with Crippen molar-refractivity contribution < 1.29 is 4.79 Å². The molecule has 24 heavy (non-hydrogen) atoms. The first-order valence-electron chi connectivity index (χ1n) is 6.94. The van der Waals surface area contributed by atoms with Gasteiger partial charge in [0.2, 0.25) is 11.0 Å². The van der Waals surface area contributed by atoms with Gasteiger partial charge in [-0.2, -0.15) is 0 Å². The molecule has 1 heterocycles. The van der Waals surface area contributed by atoms with E-state index in [4.69, 9.17) is 23.2 Å². The normalized spacial score (nSPS) is 10.9. The van der Waals surface area contributed by atoms with Gasteiger partial charge in [-0.25, -0.2) is 0 Å². The van der Waals surface area contributed by atoms with Gasteiger partial charge in [-0.05, 0) is 35.9 Å². The fourth-order valence-corrected chi connectivity index (χ4v) is 2.88. The van der Waals surface area contributed by atoms with Crippen LogP contribution in [-0.4, -0.2) is 16.1 Å². The van der Waals surface area contributed by atoms with E-state index >= 15 is 0 Å². The zero-order valence-corrected chi connectivity index (χ0v) is 14.6. The second kappa shape index (κ2) is 7.57. The van der Waals surface area contributed by atoms with E-state index in [0.29, 0.717) is 20.2 Å². The van der Waals surface area contributed by atoms with Crippen LogP contribution in [-0.2, 0) is 4.79 Å². The summed E-state index contributed by atoms with van der Waals surface area (Å²) in [6, 6.07) is 14.5. The first kappa shape index (κ1) is 16.6. The highest BCUT2D eigenvalue weighted by molar-refractivity contribution is 7.18. The summed E-state index contributed by atoms with van der Waals surface area (Å²) in [7, 11) is 0. The largest absolute Gasteiger partial charge is 0.297 e. The van der Waals surface area contributed by atoms with Gasteiger partial charge in [0.15, 0.2) is 0 Å². The van der Waals surface area contributed by atoms with Crippen LogP contribution in [0.15, 0.2) is 54.6 Å². The molecule has 0 saturated carbocycles. The van der Waals surface area contributed by atoms with Crippen molar-refractivity contribution in [1.82, 2.24) is 10.2 Å². The number of rotatable bonds is 4. The van der Waals surface area contributed by atoms with Crippen molar-refractivity contribution >= 4 is 51.7 Å². The molecule has 0 aliphatic carbocycles. The summed E-state index contributed by atoms with van der Waals surface area (Å²) < 4.78 is 0. The molecule has 0 bridgehead atoms. The van der Waals surface area contributed by atoms with Gasteiger partial charge in [0.1, 0.15) is 5.01 Å². The quantitative estimate of drug-likeness (QED) is 0.640. The van der Waals surface area contributed by atoms with Crippen molar-refractivity contribution in [3.63, 3.8) is 0 Å². The summed E-state index contributed by atoms with van der Waals surface area (Å²) in [6.45, 7) is 0. The molecule has 1 amide bonds. The summed E-state index contributed by atoms with van der Waals surface area (Å²) in [4.78, 5) is 11.9. The minimum atomic E-state index is -0.274. The molecule has 0 radical (unpaired) electrons. The molecule has 0 atom stereocenters. The number of hydrogen-bond acceptors (Lipinski definition) is 4. The maximum Gasteiger partial charge on any atom is 0.250 e. The Labute approximate surface area is 152 Å². The maximum absolute atomic E-state index is 11.9. The lowest BCUT2D eigenvalue weighted by Crippen LogP contribution is -2.07. The molecule has 0 aliphatic heterocycles. The average molecular weight is 376 g/mol. The topological polar surface area (TPSA) is 54.9 Å². The van der Waals surface area contributed by atoms with Crippen molar-refractivity contribution in [1.29, 1.82) is 0 Å². The number of carbonyl (C=O) groups is 1. The molecular weight excluding hydrogens is 365 g/mol. The average Bonchev–Trinajstić information content (AvgIpc) is 3.03. The maximum atomic E-state index is 11.9. The molecule has 2 aromatic carbocycles. The summed E-state index contributed by atoms with van der Waals surface area (Å²) >= 11 is 13.0. The van der Waals surface area contributed by atoms with E-state index < -0.39 is 0 Å². The Morgan fingerprint density at radius 1 is 0.958 bits per heavy atom. The Kier molecular flexibility index (Phi) is 5.25. The predicted molar refractivity (Wildman–Crippen MR) is 99.5 cm³/mol. The van der Waals surface area contributed by atoms with E-state index in [1.807, 2.05) is 24.3 Å². The number of anilines is 1. The van der Waals surface area contributed by atoms with Gasteiger partial charge < -0.3 is 0 Å². The van der Waals surface area contributed by atoms with Crippen LogP contribution in [0.3, 0.4) is 0 Å². The lowest BCUT2D eigenvalue weighted by molar-refractivity contribution is -0.111. The first-order valence-corrected chi connectivity index (χ1v) is 8.51. The Bertz CT molecular complexity index is 874. The Morgan fingerprint density at radius 3 is 2.25 bits per heavy atom. The molecule has 0 saturated heterocycles. The number of aromatic nitrogens is 2. The highest BCUT2D eigenvalue weighted by Gasteiger charge is 2.08. The van der Waals surface area contributed by atoms with Gasteiger partial charge in [-0.1, -0.05) is 58.8 Å². The molecule has 0 fully saturated rings. The zero-order chi connectivity index (χ0) is 16.9. The van der Waals surface area contributed by atoms with Gasteiger partial charge in [0.05, 0.1) is 0 Å². The summed E-state index contributed by atoms with van der Waals surface area (Å²) in [5, 5.41) is 13.2. The predicted octanol–water partition coefficient (Wildman–Crippen LogP) is 5.16. The lowest BCUT2D eigenvalue weighted by atomic mass is 10.2. The molecule has 7 heteroatoms. The smallest absolute Gasteiger partial charge is 0.250 e. The number of amides is 1.